The summed E-state index contributed by atoms with van der Waals surface area (Å²) < 4.78 is 0. The SMILES string of the molecule is Cc1ccsc1CN1CCN(CCCN)CC1. The Morgan fingerprint density at radius 2 is 1.94 bits per heavy atom. The average molecular weight is 253 g/mol. The zero-order valence-electron chi connectivity index (χ0n) is 10.7. The Kier molecular flexibility index (Phi) is 4.98. The Hall–Kier alpha value is -0.420. The molecule has 2 rings (SSSR count). The molecular weight excluding hydrogens is 230 g/mol. The molecule has 0 aromatic carbocycles. The molecule has 0 radical (unpaired) electrons. The quantitative estimate of drug-likeness (QED) is 0.863. The van der Waals surface area contributed by atoms with Crippen LogP contribution in [0.2, 0.25) is 0 Å². The highest BCUT2D eigenvalue weighted by atomic mass is 32.1. The van der Waals surface area contributed by atoms with Crippen LogP contribution < -0.4 is 5.73 Å². The third-order valence-corrected chi connectivity index (χ3v) is 4.49. The zero-order valence-corrected chi connectivity index (χ0v) is 11.5. The Morgan fingerprint density at radius 3 is 2.53 bits per heavy atom. The first kappa shape index (κ1) is 13.0. The van der Waals surface area contributed by atoms with Gasteiger partial charge in [-0.25, -0.2) is 0 Å². The molecule has 3 nitrogen and oxygen atoms in total. The molecule has 1 aromatic heterocycles. The van der Waals surface area contributed by atoms with E-state index in [4.69, 9.17) is 5.73 Å². The number of nitrogens with two attached hydrogens (primary N) is 1. The second-order valence-corrected chi connectivity index (χ2v) is 5.79. The lowest BCUT2D eigenvalue weighted by atomic mass is 10.2. The monoisotopic (exact) mass is 253 g/mol. The lowest BCUT2D eigenvalue weighted by Crippen LogP contribution is -2.46. The van der Waals surface area contributed by atoms with E-state index in [1.807, 2.05) is 11.3 Å². The summed E-state index contributed by atoms with van der Waals surface area (Å²) in [5, 5.41) is 2.20. The molecule has 0 bridgehead atoms. The van der Waals surface area contributed by atoms with Gasteiger partial charge in [-0.15, -0.1) is 11.3 Å². The average Bonchev–Trinajstić information content (AvgIpc) is 2.74. The van der Waals surface area contributed by atoms with E-state index in [0.29, 0.717) is 0 Å². The second-order valence-electron chi connectivity index (χ2n) is 4.79. The minimum atomic E-state index is 0.814. The van der Waals surface area contributed by atoms with Gasteiger partial charge in [0.25, 0.3) is 0 Å². The van der Waals surface area contributed by atoms with Gasteiger partial charge >= 0.3 is 0 Å². The second kappa shape index (κ2) is 6.50. The molecule has 1 fully saturated rings. The van der Waals surface area contributed by atoms with E-state index in [9.17, 15) is 0 Å². The molecule has 4 heteroatoms. The fourth-order valence-corrected chi connectivity index (χ4v) is 3.20. The minimum Gasteiger partial charge on any atom is -0.330 e. The summed E-state index contributed by atoms with van der Waals surface area (Å²) in [6, 6.07) is 2.22. The van der Waals surface area contributed by atoms with Crippen molar-refractivity contribution in [3.8, 4) is 0 Å². The zero-order chi connectivity index (χ0) is 12.1. The number of nitrogens with zero attached hydrogens (tertiary/aromatic N) is 2. The first-order chi connectivity index (χ1) is 8.29. The van der Waals surface area contributed by atoms with Crippen molar-refractivity contribution in [2.75, 3.05) is 39.3 Å². The molecule has 17 heavy (non-hydrogen) atoms. The molecule has 0 amide bonds. The van der Waals surface area contributed by atoms with E-state index in [2.05, 4.69) is 28.2 Å². The van der Waals surface area contributed by atoms with Crippen LogP contribution in [0.4, 0.5) is 0 Å². The summed E-state index contributed by atoms with van der Waals surface area (Å²) in [5.41, 5.74) is 6.99. The van der Waals surface area contributed by atoms with Crippen LogP contribution in [0.3, 0.4) is 0 Å². The molecule has 0 spiro atoms. The molecule has 96 valence electrons. The maximum absolute atomic E-state index is 5.54. The van der Waals surface area contributed by atoms with Gasteiger partial charge in [0.05, 0.1) is 0 Å². The molecule has 2 N–H and O–H groups in total. The largest absolute Gasteiger partial charge is 0.330 e. The summed E-state index contributed by atoms with van der Waals surface area (Å²) in [7, 11) is 0. The molecule has 0 atom stereocenters. The van der Waals surface area contributed by atoms with Gasteiger partial charge in [0.15, 0.2) is 0 Å². The molecule has 2 heterocycles. The van der Waals surface area contributed by atoms with Gasteiger partial charge in [-0.2, -0.15) is 0 Å². The number of hydrogen-bond donors (Lipinski definition) is 1. The Morgan fingerprint density at radius 1 is 1.24 bits per heavy atom. The van der Waals surface area contributed by atoms with Crippen LogP contribution in [0.5, 0.6) is 0 Å². The van der Waals surface area contributed by atoms with Crippen molar-refractivity contribution in [2.45, 2.75) is 19.9 Å². The van der Waals surface area contributed by atoms with Gasteiger partial charge in [0, 0.05) is 37.6 Å². The summed E-state index contributed by atoms with van der Waals surface area (Å²) in [6.07, 6.45) is 1.13. The van der Waals surface area contributed by atoms with E-state index in [1.165, 1.54) is 43.2 Å². The lowest BCUT2D eigenvalue weighted by Gasteiger charge is -2.34. The van der Waals surface area contributed by atoms with Gasteiger partial charge in [-0.3, -0.25) is 4.90 Å². The lowest BCUT2D eigenvalue weighted by molar-refractivity contribution is 0.127. The highest BCUT2D eigenvalue weighted by Gasteiger charge is 2.17. The number of aryl methyl sites for hydroxylation is 1. The summed E-state index contributed by atoms with van der Waals surface area (Å²) >= 11 is 1.89. The normalized spacial score (nSPS) is 18.7. The molecule has 0 saturated carbocycles. The highest BCUT2D eigenvalue weighted by molar-refractivity contribution is 7.10. The van der Waals surface area contributed by atoms with Crippen LogP contribution in [0, 0.1) is 6.92 Å². The fraction of sp³-hybridized carbons (Fsp3) is 0.692. The molecule has 1 aliphatic heterocycles. The van der Waals surface area contributed by atoms with E-state index < -0.39 is 0 Å². The van der Waals surface area contributed by atoms with E-state index in [0.717, 1.165) is 19.5 Å². The summed E-state index contributed by atoms with van der Waals surface area (Å²) in [5.74, 6) is 0. The smallest absolute Gasteiger partial charge is 0.0331 e. The van der Waals surface area contributed by atoms with Crippen LogP contribution in [0.25, 0.3) is 0 Å². The minimum absolute atomic E-state index is 0.814. The van der Waals surface area contributed by atoms with Crippen LogP contribution in [0.1, 0.15) is 16.9 Å². The molecule has 1 saturated heterocycles. The number of rotatable bonds is 5. The Bertz CT molecular complexity index is 329. The van der Waals surface area contributed by atoms with Crippen molar-refractivity contribution < 1.29 is 0 Å². The standard InChI is InChI=1S/C13H23N3S/c1-12-3-10-17-13(12)11-16-8-6-15(7-9-16)5-2-4-14/h3,10H,2,4-9,11,14H2,1H3. The summed E-state index contributed by atoms with van der Waals surface area (Å²) in [4.78, 5) is 6.63. The number of piperazine rings is 1. The molecule has 0 aliphatic carbocycles. The fourth-order valence-electron chi connectivity index (χ4n) is 2.26. The van der Waals surface area contributed by atoms with Gasteiger partial charge in [0.2, 0.25) is 0 Å². The molecular formula is C13H23N3S. The van der Waals surface area contributed by atoms with Crippen LogP contribution >= 0.6 is 11.3 Å². The molecule has 1 aliphatic rings. The van der Waals surface area contributed by atoms with Gasteiger partial charge in [0.1, 0.15) is 0 Å². The van der Waals surface area contributed by atoms with Crippen LogP contribution in [-0.2, 0) is 6.54 Å². The van der Waals surface area contributed by atoms with E-state index >= 15 is 0 Å². The predicted molar refractivity (Wildman–Crippen MR) is 74.4 cm³/mol. The first-order valence-corrected chi connectivity index (χ1v) is 7.35. The maximum Gasteiger partial charge on any atom is 0.0331 e. The Balaban J connectivity index is 1.74. The van der Waals surface area contributed by atoms with Crippen molar-refractivity contribution in [1.82, 2.24) is 9.80 Å². The van der Waals surface area contributed by atoms with E-state index in [-0.39, 0.29) is 0 Å². The summed E-state index contributed by atoms with van der Waals surface area (Å²) in [6.45, 7) is 10.1. The Labute approximate surface area is 108 Å². The highest BCUT2D eigenvalue weighted by Crippen LogP contribution is 2.18. The number of thiophene rings is 1. The van der Waals surface area contributed by atoms with Crippen molar-refractivity contribution in [2.24, 2.45) is 5.73 Å². The van der Waals surface area contributed by atoms with Crippen LogP contribution in [-0.4, -0.2) is 49.1 Å². The van der Waals surface area contributed by atoms with E-state index in [1.54, 1.807) is 0 Å². The molecule has 0 unspecified atom stereocenters. The third-order valence-electron chi connectivity index (χ3n) is 3.48. The van der Waals surface area contributed by atoms with Gasteiger partial charge in [-0.05, 0) is 43.4 Å². The maximum atomic E-state index is 5.54. The number of hydrogen-bond acceptors (Lipinski definition) is 4. The van der Waals surface area contributed by atoms with Crippen molar-refractivity contribution >= 4 is 11.3 Å². The third kappa shape index (κ3) is 3.78. The van der Waals surface area contributed by atoms with Crippen LogP contribution in [0.15, 0.2) is 11.4 Å². The molecule has 1 aromatic rings. The van der Waals surface area contributed by atoms with Crippen molar-refractivity contribution in [3.05, 3.63) is 21.9 Å². The van der Waals surface area contributed by atoms with Gasteiger partial charge < -0.3 is 10.6 Å². The first-order valence-electron chi connectivity index (χ1n) is 6.47. The van der Waals surface area contributed by atoms with Gasteiger partial charge in [-0.1, -0.05) is 0 Å². The topological polar surface area (TPSA) is 32.5 Å². The van der Waals surface area contributed by atoms with Crippen molar-refractivity contribution in [3.63, 3.8) is 0 Å². The van der Waals surface area contributed by atoms with Crippen molar-refractivity contribution in [1.29, 1.82) is 0 Å². The predicted octanol–water partition coefficient (Wildman–Crippen LogP) is 1.52.